The molecule has 1 unspecified atom stereocenters. The van der Waals surface area contributed by atoms with Gasteiger partial charge in [0.15, 0.2) is 0 Å². The summed E-state index contributed by atoms with van der Waals surface area (Å²) in [6.07, 6.45) is -7.10. The fourth-order valence-electron chi connectivity index (χ4n) is 3.03. The molecule has 1 amide bonds. The molecule has 0 radical (unpaired) electrons. The van der Waals surface area contributed by atoms with Crippen LogP contribution in [0.2, 0.25) is 0 Å². The Hall–Kier alpha value is -1.02. The first-order valence-electron chi connectivity index (χ1n) is 7.33. The van der Waals surface area contributed by atoms with Gasteiger partial charge in [-0.15, -0.1) is 0 Å². The van der Waals surface area contributed by atoms with Crippen LogP contribution in [-0.4, -0.2) is 52.4 Å². The summed E-state index contributed by atoms with van der Waals surface area (Å²) in [5.41, 5.74) is -2.12. The van der Waals surface area contributed by atoms with E-state index in [1.54, 1.807) is 20.8 Å². The summed E-state index contributed by atoms with van der Waals surface area (Å²) in [6.45, 7) is 4.68. The van der Waals surface area contributed by atoms with Crippen LogP contribution in [0.5, 0.6) is 0 Å². The van der Waals surface area contributed by atoms with Gasteiger partial charge in [0.05, 0.1) is 18.2 Å². The van der Waals surface area contributed by atoms with Gasteiger partial charge in [-0.05, 0) is 46.5 Å². The van der Waals surface area contributed by atoms with Gasteiger partial charge in [-0.2, -0.15) is 13.2 Å². The zero-order valence-corrected chi connectivity index (χ0v) is 12.9. The van der Waals surface area contributed by atoms with Crippen LogP contribution in [0, 0.1) is 0 Å². The molecule has 0 spiro atoms. The molecule has 5 nitrogen and oxygen atoms in total. The SMILES string of the molecule is CC(C)(C)OC(=O)N(C(O)C(F)(F)F)C12CCC(CC1)OC2. The summed E-state index contributed by atoms with van der Waals surface area (Å²) in [5, 5.41) is 9.72. The van der Waals surface area contributed by atoms with E-state index in [0.717, 1.165) is 0 Å². The third kappa shape index (κ3) is 3.48. The summed E-state index contributed by atoms with van der Waals surface area (Å²) >= 11 is 0. The maximum absolute atomic E-state index is 13.0. The Labute approximate surface area is 127 Å². The number of carbonyl (C=O) groups is 1. The Morgan fingerprint density at radius 3 is 2.23 bits per heavy atom. The maximum atomic E-state index is 13.0. The Balaban J connectivity index is 2.31. The van der Waals surface area contributed by atoms with Gasteiger partial charge in [0.25, 0.3) is 0 Å². The third-order valence-corrected chi connectivity index (χ3v) is 4.09. The van der Waals surface area contributed by atoms with E-state index in [2.05, 4.69) is 0 Å². The lowest BCUT2D eigenvalue weighted by atomic mass is 9.76. The molecule has 0 aromatic carbocycles. The molecule has 1 atom stereocenters. The van der Waals surface area contributed by atoms with Crippen molar-refractivity contribution in [1.29, 1.82) is 0 Å². The van der Waals surface area contributed by atoms with Crippen LogP contribution in [-0.2, 0) is 9.47 Å². The Morgan fingerprint density at radius 1 is 1.32 bits per heavy atom. The van der Waals surface area contributed by atoms with E-state index in [1.165, 1.54) is 0 Å². The fraction of sp³-hybridized carbons (Fsp3) is 0.929. The molecular weight excluding hydrogens is 303 g/mol. The number of rotatable bonds is 2. The topological polar surface area (TPSA) is 59.0 Å². The predicted molar refractivity (Wildman–Crippen MR) is 71.1 cm³/mol. The molecule has 1 aliphatic carbocycles. The van der Waals surface area contributed by atoms with E-state index in [-0.39, 0.29) is 12.7 Å². The smallest absolute Gasteiger partial charge is 0.433 e. The number of fused-ring (bicyclic) bond motifs is 3. The van der Waals surface area contributed by atoms with Crippen LogP contribution >= 0.6 is 0 Å². The normalized spacial score (nSPS) is 30.0. The van der Waals surface area contributed by atoms with Crippen LogP contribution < -0.4 is 0 Å². The lowest BCUT2D eigenvalue weighted by Crippen LogP contribution is -2.66. The third-order valence-electron chi connectivity index (χ3n) is 4.09. The molecule has 3 fully saturated rings. The first-order chi connectivity index (χ1) is 9.95. The summed E-state index contributed by atoms with van der Waals surface area (Å²) in [6, 6.07) is 0. The second-order valence-corrected chi connectivity index (χ2v) is 7.00. The van der Waals surface area contributed by atoms with Crippen molar-refractivity contribution in [3.8, 4) is 0 Å². The molecule has 0 aromatic rings. The number of halogens is 3. The monoisotopic (exact) mass is 325 g/mol. The van der Waals surface area contributed by atoms with E-state index in [4.69, 9.17) is 9.47 Å². The molecule has 2 aliphatic heterocycles. The van der Waals surface area contributed by atoms with E-state index >= 15 is 0 Å². The summed E-state index contributed by atoms with van der Waals surface area (Å²) in [7, 11) is 0. The van der Waals surface area contributed by atoms with Crippen molar-refractivity contribution in [3.63, 3.8) is 0 Å². The van der Waals surface area contributed by atoms with Crippen LogP contribution in [0.4, 0.5) is 18.0 Å². The first kappa shape index (κ1) is 17.3. The van der Waals surface area contributed by atoms with Gasteiger partial charge in [-0.3, -0.25) is 4.90 Å². The second-order valence-electron chi connectivity index (χ2n) is 7.00. The van der Waals surface area contributed by atoms with E-state index in [9.17, 15) is 23.1 Å². The highest BCUT2D eigenvalue weighted by molar-refractivity contribution is 5.69. The number of amides is 1. The van der Waals surface area contributed by atoms with Crippen molar-refractivity contribution in [2.75, 3.05) is 6.61 Å². The molecule has 128 valence electrons. The van der Waals surface area contributed by atoms with Gasteiger partial charge >= 0.3 is 12.3 Å². The quantitative estimate of drug-likeness (QED) is 0.793. The number of aliphatic hydroxyl groups excluding tert-OH is 1. The molecule has 2 heterocycles. The number of hydrogen-bond acceptors (Lipinski definition) is 4. The van der Waals surface area contributed by atoms with Crippen LogP contribution in [0.1, 0.15) is 46.5 Å². The number of carbonyl (C=O) groups excluding carboxylic acids is 1. The van der Waals surface area contributed by atoms with Crippen molar-refractivity contribution in [3.05, 3.63) is 0 Å². The zero-order valence-electron chi connectivity index (χ0n) is 12.9. The number of ether oxygens (including phenoxy) is 2. The molecule has 2 bridgehead atoms. The average Bonchev–Trinajstić information content (AvgIpc) is 2.37. The number of hydrogen-bond donors (Lipinski definition) is 1. The van der Waals surface area contributed by atoms with Crippen molar-refractivity contribution in [1.82, 2.24) is 4.90 Å². The van der Waals surface area contributed by atoms with Crippen LogP contribution in [0.25, 0.3) is 0 Å². The van der Waals surface area contributed by atoms with Gasteiger partial charge in [0, 0.05) is 0 Å². The van der Waals surface area contributed by atoms with Crippen LogP contribution in [0.15, 0.2) is 0 Å². The van der Waals surface area contributed by atoms with E-state index in [0.29, 0.717) is 30.6 Å². The van der Waals surface area contributed by atoms with Crippen molar-refractivity contribution >= 4 is 6.09 Å². The molecular formula is C14H22F3NO4. The summed E-state index contributed by atoms with van der Waals surface area (Å²) in [5.74, 6) is 0. The zero-order chi connectivity index (χ0) is 16.8. The minimum absolute atomic E-state index is 0.00987. The largest absolute Gasteiger partial charge is 0.444 e. The highest BCUT2D eigenvalue weighted by Gasteiger charge is 2.56. The minimum atomic E-state index is -4.94. The minimum Gasteiger partial charge on any atom is -0.444 e. The predicted octanol–water partition coefficient (Wildman–Crippen LogP) is 2.82. The lowest BCUT2D eigenvalue weighted by molar-refractivity contribution is -0.273. The second kappa shape index (κ2) is 5.56. The molecule has 1 N–H and O–H groups in total. The van der Waals surface area contributed by atoms with Crippen molar-refractivity contribution in [2.24, 2.45) is 0 Å². The van der Waals surface area contributed by atoms with E-state index < -0.39 is 29.6 Å². The van der Waals surface area contributed by atoms with Crippen LogP contribution in [0.3, 0.4) is 0 Å². The molecule has 0 aromatic heterocycles. The van der Waals surface area contributed by atoms with Gasteiger partial charge in [-0.1, -0.05) is 0 Å². The highest BCUT2D eigenvalue weighted by atomic mass is 19.4. The number of nitrogens with zero attached hydrogens (tertiary/aromatic N) is 1. The molecule has 8 heteroatoms. The van der Waals surface area contributed by atoms with Crippen molar-refractivity contribution in [2.45, 2.75) is 76.1 Å². The molecule has 22 heavy (non-hydrogen) atoms. The molecule has 2 saturated heterocycles. The summed E-state index contributed by atoms with van der Waals surface area (Å²) < 4.78 is 49.6. The number of aliphatic hydroxyl groups is 1. The maximum Gasteiger partial charge on any atom is 0.433 e. The van der Waals surface area contributed by atoms with Gasteiger partial charge < -0.3 is 14.6 Å². The lowest BCUT2D eigenvalue weighted by Gasteiger charge is -2.53. The van der Waals surface area contributed by atoms with E-state index in [1.807, 2.05) is 0 Å². The Morgan fingerprint density at radius 2 is 1.86 bits per heavy atom. The van der Waals surface area contributed by atoms with Gasteiger partial charge in [0.1, 0.15) is 5.60 Å². The van der Waals surface area contributed by atoms with Gasteiger partial charge in [-0.25, -0.2) is 4.79 Å². The Kier molecular flexibility index (Phi) is 4.38. The molecule has 1 saturated carbocycles. The average molecular weight is 325 g/mol. The number of alkyl halides is 3. The first-order valence-corrected chi connectivity index (χ1v) is 7.33. The molecule has 3 aliphatic rings. The fourth-order valence-corrected chi connectivity index (χ4v) is 3.03. The van der Waals surface area contributed by atoms with Crippen molar-refractivity contribution < 1.29 is 32.5 Å². The summed E-state index contributed by atoms with van der Waals surface area (Å²) in [4.78, 5) is 12.8. The standard InChI is InChI=1S/C14H22F3NO4/c1-12(2,3)22-11(20)18(10(19)14(15,16)17)13-6-4-9(5-7-13)21-8-13/h9-10,19H,4-8H2,1-3H3. The molecule has 3 rings (SSSR count). The highest BCUT2D eigenvalue weighted by Crippen LogP contribution is 2.43. The van der Waals surface area contributed by atoms with Gasteiger partial charge in [0.2, 0.25) is 6.23 Å². The Bertz CT molecular complexity index is 411.